The van der Waals surface area contributed by atoms with Crippen molar-refractivity contribution < 1.29 is 13.2 Å². The van der Waals surface area contributed by atoms with Crippen LogP contribution in [0.5, 0.6) is 0 Å². The Morgan fingerprint density at radius 1 is 0.583 bits per heavy atom. The summed E-state index contributed by atoms with van der Waals surface area (Å²) in [5.41, 5.74) is 5.71. The Hall–Kier alpha value is -2.81. The second-order valence-electron chi connectivity index (χ2n) is 5.77. The predicted molar refractivity (Wildman–Crippen MR) is 90.3 cm³/mol. The molecule has 0 spiro atoms. The number of halogens is 3. The minimum atomic E-state index is -4.31. The van der Waals surface area contributed by atoms with E-state index in [9.17, 15) is 13.2 Å². The normalized spacial score (nSPS) is 12.7. The van der Waals surface area contributed by atoms with Gasteiger partial charge in [-0.15, -0.1) is 0 Å². The van der Waals surface area contributed by atoms with Crippen LogP contribution in [0.1, 0.15) is 22.3 Å². The molecule has 1 aliphatic rings. The number of fused-ring (bicyclic) bond motifs is 3. The summed E-state index contributed by atoms with van der Waals surface area (Å²) in [6, 6.07) is 21.5. The van der Waals surface area contributed by atoms with E-state index in [0.29, 0.717) is 0 Å². The summed E-state index contributed by atoms with van der Waals surface area (Å²) in [6.07, 6.45) is -2.36. The van der Waals surface area contributed by atoms with Gasteiger partial charge >= 0.3 is 6.18 Å². The molecule has 0 radical (unpaired) electrons. The maximum Gasteiger partial charge on any atom is 0.416 e. The van der Waals surface area contributed by atoms with Gasteiger partial charge in [0.2, 0.25) is 0 Å². The van der Waals surface area contributed by atoms with Crippen LogP contribution in [-0.4, -0.2) is 0 Å². The Kier molecular flexibility index (Phi) is 3.31. The Morgan fingerprint density at radius 2 is 1.04 bits per heavy atom. The quantitative estimate of drug-likeness (QED) is 0.387. The third-order valence-corrected chi connectivity index (χ3v) is 4.27. The molecule has 1 aliphatic carbocycles. The first-order valence-electron chi connectivity index (χ1n) is 7.62. The van der Waals surface area contributed by atoms with E-state index in [1.807, 2.05) is 42.5 Å². The highest BCUT2D eigenvalue weighted by atomic mass is 19.4. The summed E-state index contributed by atoms with van der Waals surface area (Å²) >= 11 is 0. The van der Waals surface area contributed by atoms with E-state index in [2.05, 4.69) is 12.1 Å². The number of hydrogen-bond acceptors (Lipinski definition) is 0. The van der Waals surface area contributed by atoms with Gasteiger partial charge in [-0.2, -0.15) is 13.2 Å². The van der Waals surface area contributed by atoms with Gasteiger partial charge in [0.25, 0.3) is 0 Å². The molecule has 0 saturated heterocycles. The van der Waals surface area contributed by atoms with Gasteiger partial charge in [-0.05, 0) is 51.6 Å². The largest absolute Gasteiger partial charge is 0.416 e. The second kappa shape index (κ2) is 5.38. The molecule has 0 aromatic heterocycles. The van der Waals surface area contributed by atoms with Crippen LogP contribution < -0.4 is 0 Å². The molecule has 24 heavy (non-hydrogen) atoms. The van der Waals surface area contributed by atoms with Crippen molar-refractivity contribution in [1.29, 1.82) is 0 Å². The van der Waals surface area contributed by atoms with Crippen LogP contribution in [0.4, 0.5) is 13.2 Å². The fourth-order valence-electron chi connectivity index (χ4n) is 3.14. The van der Waals surface area contributed by atoms with Crippen molar-refractivity contribution in [2.24, 2.45) is 0 Å². The van der Waals surface area contributed by atoms with E-state index in [1.165, 1.54) is 12.1 Å². The number of rotatable bonds is 1. The van der Waals surface area contributed by atoms with Crippen LogP contribution in [0, 0.1) is 0 Å². The topological polar surface area (TPSA) is 0 Å². The molecule has 4 rings (SSSR count). The smallest absolute Gasteiger partial charge is 0.166 e. The highest BCUT2D eigenvalue weighted by Crippen LogP contribution is 2.44. The fourth-order valence-corrected chi connectivity index (χ4v) is 3.14. The molecule has 0 nitrogen and oxygen atoms in total. The third kappa shape index (κ3) is 2.42. The van der Waals surface area contributed by atoms with Crippen LogP contribution in [0.2, 0.25) is 0 Å². The van der Waals surface area contributed by atoms with Crippen molar-refractivity contribution in [3.05, 3.63) is 95.1 Å². The average molecular weight is 322 g/mol. The van der Waals surface area contributed by atoms with Crippen LogP contribution in [0.3, 0.4) is 0 Å². The van der Waals surface area contributed by atoms with E-state index in [1.54, 1.807) is 0 Å². The Balaban J connectivity index is 1.83. The summed E-state index contributed by atoms with van der Waals surface area (Å²) < 4.78 is 38.1. The zero-order valence-electron chi connectivity index (χ0n) is 12.6. The minimum absolute atomic E-state index is 0.628. The summed E-state index contributed by atoms with van der Waals surface area (Å²) in [6.45, 7) is 0. The molecule has 0 unspecified atom stereocenters. The van der Waals surface area contributed by atoms with E-state index < -0.39 is 11.7 Å². The van der Waals surface area contributed by atoms with E-state index in [0.717, 1.165) is 45.5 Å². The van der Waals surface area contributed by atoms with Gasteiger partial charge in [-0.25, -0.2) is 0 Å². The number of hydrogen-bond donors (Lipinski definition) is 0. The highest BCUT2D eigenvalue weighted by Gasteiger charge is 2.30. The Morgan fingerprint density at radius 3 is 1.50 bits per heavy atom. The monoisotopic (exact) mass is 322 g/mol. The van der Waals surface area contributed by atoms with E-state index >= 15 is 0 Å². The second-order valence-corrected chi connectivity index (χ2v) is 5.77. The van der Waals surface area contributed by atoms with Gasteiger partial charge in [-0.3, -0.25) is 0 Å². The van der Waals surface area contributed by atoms with Gasteiger partial charge in [0.1, 0.15) is 0 Å². The van der Waals surface area contributed by atoms with E-state index in [-0.39, 0.29) is 0 Å². The van der Waals surface area contributed by atoms with Crippen LogP contribution in [0.15, 0.2) is 72.8 Å². The third-order valence-electron chi connectivity index (χ3n) is 4.27. The predicted octanol–water partition coefficient (Wildman–Crippen LogP) is 6.27. The maximum atomic E-state index is 12.7. The van der Waals surface area contributed by atoms with Crippen molar-refractivity contribution >= 4 is 11.6 Å². The van der Waals surface area contributed by atoms with Crippen molar-refractivity contribution in [3.63, 3.8) is 0 Å². The molecule has 3 heteroatoms. The van der Waals surface area contributed by atoms with Crippen molar-refractivity contribution in [2.45, 2.75) is 6.18 Å². The molecule has 3 aromatic carbocycles. The molecule has 0 amide bonds. The summed E-state index contributed by atoms with van der Waals surface area (Å²) in [5.74, 6) is 0. The van der Waals surface area contributed by atoms with Crippen molar-refractivity contribution in [1.82, 2.24) is 0 Å². The lowest BCUT2D eigenvalue weighted by molar-refractivity contribution is -0.137. The minimum Gasteiger partial charge on any atom is -0.166 e. The lowest BCUT2D eigenvalue weighted by Crippen LogP contribution is -2.03. The van der Waals surface area contributed by atoms with E-state index in [4.69, 9.17) is 0 Å². The molecular formula is C21H13F3. The fraction of sp³-hybridized carbons (Fsp3) is 0.0476. The van der Waals surface area contributed by atoms with Gasteiger partial charge in [-0.1, -0.05) is 60.7 Å². The maximum absolute atomic E-state index is 12.7. The molecule has 0 aliphatic heterocycles. The first kappa shape index (κ1) is 14.8. The van der Waals surface area contributed by atoms with Crippen LogP contribution in [-0.2, 0) is 6.18 Å². The van der Waals surface area contributed by atoms with Crippen LogP contribution in [0.25, 0.3) is 22.8 Å². The molecule has 0 fully saturated rings. The lowest BCUT2D eigenvalue weighted by atomic mass is 10.0. The zero-order valence-corrected chi connectivity index (χ0v) is 12.6. The molecule has 0 heterocycles. The van der Waals surface area contributed by atoms with Crippen molar-refractivity contribution in [2.75, 3.05) is 0 Å². The molecule has 0 saturated carbocycles. The molecular weight excluding hydrogens is 309 g/mol. The molecule has 3 aromatic rings. The van der Waals surface area contributed by atoms with Crippen LogP contribution >= 0.6 is 0 Å². The van der Waals surface area contributed by atoms with Gasteiger partial charge in [0.15, 0.2) is 0 Å². The summed E-state index contributed by atoms with van der Waals surface area (Å²) in [5, 5.41) is 0. The first-order valence-corrected chi connectivity index (χ1v) is 7.62. The standard InChI is InChI=1S/C21H13F3/c22-21(23,24)15-11-9-14(10-12-15)13-20-18-7-3-1-5-16(18)17-6-2-4-8-19(17)20/h1-13H. The molecule has 0 bridgehead atoms. The highest BCUT2D eigenvalue weighted by molar-refractivity contribution is 6.06. The number of alkyl halides is 3. The van der Waals surface area contributed by atoms with Gasteiger partial charge < -0.3 is 0 Å². The Labute approximate surface area is 137 Å². The van der Waals surface area contributed by atoms with Gasteiger partial charge in [0.05, 0.1) is 5.56 Å². The average Bonchev–Trinajstić information content (AvgIpc) is 2.89. The zero-order chi connectivity index (χ0) is 16.7. The lowest BCUT2D eigenvalue weighted by Gasteiger charge is -2.07. The SMILES string of the molecule is FC(F)(F)c1ccc(C=C2c3ccccc3-c3ccccc32)cc1. The van der Waals surface area contributed by atoms with Crippen molar-refractivity contribution in [3.8, 4) is 11.1 Å². The Bertz CT molecular complexity index is 884. The molecule has 0 N–H and O–H groups in total. The molecule has 118 valence electrons. The molecule has 0 atom stereocenters. The van der Waals surface area contributed by atoms with Gasteiger partial charge in [0, 0.05) is 0 Å². The first-order chi connectivity index (χ1) is 11.5. The summed E-state index contributed by atoms with van der Waals surface area (Å²) in [7, 11) is 0. The number of benzene rings is 3. The summed E-state index contributed by atoms with van der Waals surface area (Å²) in [4.78, 5) is 0.